The fourth-order valence-corrected chi connectivity index (χ4v) is 1.21. The predicted octanol–water partition coefficient (Wildman–Crippen LogP) is 1.63. The van der Waals surface area contributed by atoms with Crippen LogP contribution in [0.5, 0.6) is 5.75 Å². The monoisotopic (exact) mass is 180 g/mol. The van der Waals surface area contributed by atoms with Crippen molar-refractivity contribution in [2.45, 2.75) is 13.3 Å². The Kier molecular flexibility index (Phi) is 2.90. The highest BCUT2D eigenvalue weighted by atomic mass is 16.5. The highest BCUT2D eigenvalue weighted by Gasteiger charge is 2.06. The Hall–Kier alpha value is -1.51. The summed E-state index contributed by atoms with van der Waals surface area (Å²) in [6, 6.07) is 5.50. The lowest BCUT2D eigenvalue weighted by Gasteiger charge is -2.06. The molecule has 0 aliphatic heterocycles. The molecule has 0 unspecified atom stereocenters. The average Bonchev–Trinajstić information content (AvgIpc) is 2.03. The van der Waals surface area contributed by atoms with Crippen molar-refractivity contribution in [1.82, 2.24) is 0 Å². The number of hydrogen-bond donors (Lipinski definition) is 1. The topological polar surface area (TPSA) is 46.5 Å². The van der Waals surface area contributed by atoms with Crippen LogP contribution >= 0.6 is 0 Å². The smallest absolute Gasteiger partial charge is 0.307 e. The second-order valence-electron chi connectivity index (χ2n) is 2.89. The largest absolute Gasteiger partial charge is 0.496 e. The van der Waals surface area contributed by atoms with Crippen molar-refractivity contribution in [1.29, 1.82) is 0 Å². The molecule has 13 heavy (non-hydrogen) atoms. The van der Waals surface area contributed by atoms with E-state index in [1.165, 1.54) is 7.11 Å². The molecule has 1 aromatic rings. The first-order chi connectivity index (χ1) is 6.13. The van der Waals surface area contributed by atoms with E-state index < -0.39 is 5.97 Å². The Bertz CT molecular complexity index is 318. The molecule has 1 N–H and O–H groups in total. The summed E-state index contributed by atoms with van der Waals surface area (Å²) in [5, 5.41) is 8.62. The number of carbonyl (C=O) groups is 1. The second kappa shape index (κ2) is 3.94. The number of ether oxygens (including phenoxy) is 1. The summed E-state index contributed by atoms with van der Waals surface area (Å²) in [6.45, 7) is 1.92. The summed E-state index contributed by atoms with van der Waals surface area (Å²) in [5.41, 5.74) is 1.76. The predicted molar refractivity (Wildman–Crippen MR) is 49.1 cm³/mol. The van der Waals surface area contributed by atoms with Crippen LogP contribution in [0.1, 0.15) is 11.1 Å². The van der Waals surface area contributed by atoms with Crippen molar-refractivity contribution in [3.8, 4) is 5.75 Å². The fourth-order valence-electron chi connectivity index (χ4n) is 1.21. The maximum absolute atomic E-state index is 10.5. The molecule has 0 saturated heterocycles. The van der Waals surface area contributed by atoms with Crippen molar-refractivity contribution >= 4 is 5.97 Å². The van der Waals surface area contributed by atoms with Crippen molar-refractivity contribution in [2.75, 3.05) is 7.11 Å². The zero-order valence-corrected chi connectivity index (χ0v) is 7.70. The summed E-state index contributed by atoms with van der Waals surface area (Å²) in [5.74, 6) is -0.211. The van der Waals surface area contributed by atoms with Gasteiger partial charge in [0.05, 0.1) is 13.5 Å². The normalized spacial score (nSPS) is 9.69. The van der Waals surface area contributed by atoms with Gasteiger partial charge in [-0.2, -0.15) is 0 Å². The quantitative estimate of drug-likeness (QED) is 0.769. The van der Waals surface area contributed by atoms with Gasteiger partial charge in [-0.3, -0.25) is 4.79 Å². The minimum absolute atomic E-state index is 0.00481. The Morgan fingerprint density at radius 3 is 2.77 bits per heavy atom. The third-order valence-electron chi connectivity index (χ3n) is 1.78. The first kappa shape index (κ1) is 9.58. The van der Waals surface area contributed by atoms with E-state index in [0.717, 1.165) is 11.1 Å². The van der Waals surface area contributed by atoms with E-state index >= 15 is 0 Å². The summed E-state index contributed by atoms with van der Waals surface area (Å²) >= 11 is 0. The van der Waals surface area contributed by atoms with Gasteiger partial charge in [0.2, 0.25) is 0 Å². The molecule has 70 valence electrons. The van der Waals surface area contributed by atoms with Crippen LogP contribution in [0.2, 0.25) is 0 Å². The van der Waals surface area contributed by atoms with E-state index in [0.29, 0.717) is 5.75 Å². The summed E-state index contributed by atoms with van der Waals surface area (Å²) < 4.78 is 5.04. The van der Waals surface area contributed by atoms with E-state index in [-0.39, 0.29) is 6.42 Å². The lowest BCUT2D eigenvalue weighted by molar-refractivity contribution is -0.136. The molecule has 0 spiro atoms. The van der Waals surface area contributed by atoms with Gasteiger partial charge in [-0.1, -0.05) is 17.7 Å². The number of benzene rings is 1. The van der Waals surface area contributed by atoms with Crippen LogP contribution in [0.4, 0.5) is 0 Å². The number of aliphatic carboxylic acids is 1. The van der Waals surface area contributed by atoms with Crippen molar-refractivity contribution < 1.29 is 14.6 Å². The van der Waals surface area contributed by atoms with Gasteiger partial charge in [0.1, 0.15) is 5.75 Å². The molecule has 1 aromatic carbocycles. The van der Waals surface area contributed by atoms with Crippen LogP contribution in [0.15, 0.2) is 18.2 Å². The first-order valence-electron chi connectivity index (χ1n) is 3.99. The van der Waals surface area contributed by atoms with Gasteiger partial charge in [-0.05, 0) is 13.0 Å². The van der Waals surface area contributed by atoms with Crippen LogP contribution in [-0.4, -0.2) is 18.2 Å². The Morgan fingerprint density at radius 2 is 2.23 bits per heavy atom. The van der Waals surface area contributed by atoms with Crippen molar-refractivity contribution in [3.05, 3.63) is 29.3 Å². The number of hydrogen-bond acceptors (Lipinski definition) is 2. The van der Waals surface area contributed by atoms with E-state index in [4.69, 9.17) is 9.84 Å². The first-order valence-corrected chi connectivity index (χ1v) is 3.99. The molecule has 0 radical (unpaired) electrons. The fraction of sp³-hybridized carbons (Fsp3) is 0.300. The summed E-state index contributed by atoms with van der Waals surface area (Å²) in [6.07, 6.45) is 0.00481. The lowest BCUT2D eigenvalue weighted by Crippen LogP contribution is -2.02. The molecule has 3 nitrogen and oxygen atoms in total. The van der Waals surface area contributed by atoms with Gasteiger partial charge in [0.15, 0.2) is 0 Å². The van der Waals surface area contributed by atoms with Gasteiger partial charge >= 0.3 is 5.97 Å². The molecule has 3 heteroatoms. The van der Waals surface area contributed by atoms with E-state index in [1.807, 2.05) is 19.1 Å². The molecular weight excluding hydrogens is 168 g/mol. The number of methoxy groups -OCH3 is 1. The molecule has 0 aliphatic carbocycles. The van der Waals surface area contributed by atoms with E-state index in [9.17, 15) is 4.79 Å². The van der Waals surface area contributed by atoms with Gasteiger partial charge in [-0.25, -0.2) is 0 Å². The number of carboxylic acid groups (broad SMARTS) is 1. The summed E-state index contributed by atoms with van der Waals surface area (Å²) in [7, 11) is 1.54. The molecule has 0 amide bonds. The highest BCUT2D eigenvalue weighted by molar-refractivity contribution is 5.71. The maximum Gasteiger partial charge on any atom is 0.307 e. The highest BCUT2D eigenvalue weighted by Crippen LogP contribution is 2.19. The number of aryl methyl sites for hydroxylation is 1. The van der Waals surface area contributed by atoms with Crippen LogP contribution in [-0.2, 0) is 11.2 Å². The van der Waals surface area contributed by atoms with Crippen LogP contribution in [0.3, 0.4) is 0 Å². The van der Waals surface area contributed by atoms with Crippen molar-refractivity contribution in [2.24, 2.45) is 0 Å². The maximum atomic E-state index is 10.5. The number of rotatable bonds is 3. The minimum Gasteiger partial charge on any atom is -0.496 e. The SMILES string of the molecule is COc1ccc(C)cc1CC(=O)O. The minimum atomic E-state index is -0.844. The molecule has 0 atom stereocenters. The zero-order valence-electron chi connectivity index (χ0n) is 7.70. The van der Waals surface area contributed by atoms with Crippen LogP contribution < -0.4 is 4.74 Å². The Morgan fingerprint density at radius 1 is 1.54 bits per heavy atom. The standard InChI is InChI=1S/C10H12O3/c1-7-3-4-9(13-2)8(5-7)6-10(11)12/h3-5H,6H2,1-2H3,(H,11,12). The average molecular weight is 180 g/mol. The molecule has 0 bridgehead atoms. The van der Waals surface area contributed by atoms with E-state index in [1.54, 1.807) is 6.07 Å². The third kappa shape index (κ3) is 2.47. The van der Waals surface area contributed by atoms with Crippen molar-refractivity contribution in [3.63, 3.8) is 0 Å². The molecular formula is C10H12O3. The molecule has 0 aromatic heterocycles. The van der Waals surface area contributed by atoms with Gasteiger partial charge in [0, 0.05) is 5.56 Å². The van der Waals surface area contributed by atoms with Gasteiger partial charge in [0.25, 0.3) is 0 Å². The molecule has 0 saturated carbocycles. The van der Waals surface area contributed by atoms with Crippen LogP contribution in [0.25, 0.3) is 0 Å². The Balaban J connectivity index is 3.01. The lowest BCUT2D eigenvalue weighted by atomic mass is 10.1. The molecule has 1 rings (SSSR count). The Labute approximate surface area is 77.0 Å². The molecule has 0 fully saturated rings. The molecule has 0 aliphatic rings. The third-order valence-corrected chi connectivity index (χ3v) is 1.78. The zero-order chi connectivity index (χ0) is 9.84. The second-order valence-corrected chi connectivity index (χ2v) is 2.89. The van der Waals surface area contributed by atoms with E-state index in [2.05, 4.69) is 0 Å². The van der Waals surface area contributed by atoms with Crippen LogP contribution in [0, 0.1) is 6.92 Å². The number of carboxylic acids is 1. The van der Waals surface area contributed by atoms with Gasteiger partial charge < -0.3 is 9.84 Å². The summed E-state index contributed by atoms with van der Waals surface area (Å²) in [4.78, 5) is 10.5. The van der Waals surface area contributed by atoms with Gasteiger partial charge in [-0.15, -0.1) is 0 Å². The molecule has 0 heterocycles.